The molecule has 1 aromatic rings. The molecule has 0 aromatic heterocycles. The number of amides is 1. The van der Waals surface area contributed by atoms with Gasteiger partial charge in [0.15, 0.2) is 0 Å². The summed E-state index contributed by atoms with van der Waals surface area (Å²) in [5.74, 6) is -3.44. The highest BCUT2D eigenvalue weighted by Gasteiger charge is 2.25. The lowest BCUT2D eigenvalue weighted by Gasteiger charge is -2.24. The first kappa shape index (κ1) is 16.4. The molecule has 1 atom stereocenters. The van der Waals surface area contributed by atoms with Crippen molar-refractivity contribution in [2.45, 2.75) is 6.92 Å². The van der Waals surface area contributed by atoms with Crippen LogP contribution in [0.5, 0.6) is 0 Å². The van der Waals surface area contributed by atoms with Crippen molar-refractivity contribution in [1.82, 2.24) is 4.90 Å². The van der Waals surface area contributed by atoms with Gasteiger partial charge in [0.05, 0.1) is 23.1 Å². The van der Waals surface area contributed by atoms with Gasteiger partial charge >= 0.3 is 5.97 Å². The van der Waals surface area contributed by atoms with Crippen molar-refractivity contribution in [2.75, 3.05) is 19.7 Å². The maximum atomic E-state index is 13.7. The monoisotopic (exact) mass is 303 g/mol. The van der Waals surface area contributed by atoms with Gasteiger partial charge < -0.3 is 15.1 Å². The summed E-state index contributed by atoms with van der Waals surface area (Å²) >= 11 is 5.80. The van der Waals surface area contributed by atoms with Crippen molar-refractivity contribution in [3.63, 3.8) is 0 Å². The summed E-state index contributed by atoms with van der Waals surface area (Å²) in [5.41, 5.74) is -0.319. The number of benzene rings is 1. The van der Waals surface area contributed by atoms with Crippen LogP contribution in [0, 0.1) is 11.7 Å². The van der Waals surface area contributed by atoms with Crippen molar-refractivity contribution < 1.29 is 24.2 Å². The highest BCUT2D eigenvalue weighted by molar-refractivity contribution is 6.33. The Hall–Kier alpha value is -1.66. The number of carboxylic acids is 1. The fraction of sp³-hybridized carbons (Fsp3) is 0.385. The molecular formula is C13H15ClFNO4. The van der Waals surface area contributed by atoms with Crippen molar-refractivity contribution in [3.8, 4) is 0 Å². The Balaban J connectivity index is 3.02. The number of halogens is 2. The van der Waals surface area contributed by atoms with Crippen LogP contribution in [0.3, 0.4) is 0 Å². The van der Waals surface area contributed by atoms with Crippen LogP contribution in [0.4, 0.5) is 4.39 Å². The minimum absolute atomic E-state index is 0.0547. The second-order valence-electron chi connectivity index (χ2n) is 4.31. The lowest BCUT2D eigenvalue weighted by atomic mass is 10.1. The van der Waals surface area contributed by atoms with Crippen LogP contribution >= 0.6 is 11.6 Å². The van der Waals surface area contributed by atoms with Crippen LogP contribution < -0.4 is 0 Å². The topological polar surface area (TPSA) is 77.8 Å². The normalized spacial score (nSPS) is 12.0. The van der Waals surface area contributed by atoms with E-state index < -0.39 is 23.6 Å². The first-order chi connectivity index (χ1) is 9.38. The largest absolute Gasteiger partial charge is 0.481 e. The van der Waals surface area contributed by atoms with E-state index in [2.05, 4.69) is 0 Å². The minimum atomic E-state index is -1.08. The fourth-order valence-electron chi connectivity index (χ4n) is 1.67. The Bertz CT molecular complexity index is 489. The summed E-state index contributed by atoms with van der Waals surface area (Å²) in [4.78, 5) is 24.1. The van der Waals surface area contributed by atoms with E-state index in [1.807, 2.05) is 0 Å². The number of aliphatic hydroxyl groups excluding tert-OH is 1. The van der Waals surface area contributed by atoms with Gasteiger partial charge in [-0.25, -0.2) is 4.39 Å². The van der Waals surface area contributed by atoms with Gasteiger partial charge in [-0.05, 0) is 12.1 Å². The Kier molecular flexibility index (Phi) is 5.91. The summed E-state index contributed by atoms with van der Waals surface area (Å²) in [7, 11) is 0. The molecule has 20 heavy (non-hydrogen) atoms. The zero-order chi connectivity index (χ0) is 15.3. The molecule has 7 heteroatoms. The number of hydrogen-bond donors (Lipinski definition) is 2. The first-order valence-electron chi connectivity index (χ1n) is 5.95. The Labute approximate surface area is 120 Å². The summed E-state index contributed by atoms with van der Waals surface area (Å²) in [6.45, 7) is 0.827. The standard InChI is InChI=1S/C13H15ClFNO4/c1-8(13(19)20)7-16(5-6-17)12(18)11-9(14)3-2-4-10(11)15/h2-4,8,17H,5-7H2,1H3,(H,19,20). The second kappa shape index (κ2) is 7.21. The summed E-state index contributed by atoms with van der Waals surface area (Å²) in [5, 5.41) is 17.8. The molecule has 0 aliphatic rings. The molecule has 110 valence electrons. The van der Waals surface area contributed by atoms with E-state index in [9.17, 15) is 14.0 Å². The smallest absolute Gasteiger partial charge is 0.308 e. The number of carboxylic acid groups (broad SMARTS) is 1. The van der Waals surface area contributed by atoms with Gasteiger partial charge in [-0.2, -0.15) is 0 Å². The zero-order valence-corrected chi connectivity index (χ0v) is 11.6. The zero-order valence-electron chi connectivity index (χ0n) is 10.8. The molecule has 0 aliphatic carbocycles. The van der Waals surface area contributed by atoms with Crippen LogP contribution in [0.1, 0.15) is 17.3 Å². The third-order valence-electron chi connectivity index (χ3n) is 2.75. The number of carbonyl (C=O) groups is 2. The van der Waals surface area contributed by atoms with E-state index in [4.69, 9.17) is 21.8 Å². The van der Waals surface area contributed by atoms with Gasteiger partial charge in [-0.3, -0.25) is 9.59 Å². The van der Waals surface area contributed by atoms with E-state index >= 15 is 0 Å². The third-order valence-corrected chi connectivity index (χ3v) is 3.06. The molecule has 1 aromatic carbocycles. The summed E-state index contributed by atoms with van der Waals surface area (Å²) in [6.07, 6.45) is 0. The number of aliphatic carboxylic acids is 1. The highest BCUT2D eigenvalue weighted by Crippen LogP contribution is 2.21. The predicted molar refractivity (Wildman–Crippen MR) is 71.2 cm³/mol. The molecule has 1 amide bonds. The molecular weight excluding hydrogens is 289 g/mol. The molecule has 0 fully saturated rings. The molecule has 1 rings (SSSR count). The van der Waals surface area contributed by atoms with Gasteiger partial charge in [0.2, 0.25) is 0 Å². The molecule has 0 bridgehead atoms. The van der Waals surface area contributed by atoms with E-state index in [1.165, 1.54) is 19.1 Å². The van der Waals surface area contributed by atoms with Crippen LogP contribution in [-0.4, -0.2) is 46.7 Å². The Morgan fingerprint density at radius 2 is 2.10 bits per heavy atom. The van der Waals surface area contributed by atoms with Gasteiger partial charge in [-0.1, -0.05) is 24.6 Å². The third kappa shape index (κ3) is 3.91. The number of hydrogen-bond acceptors (Lipinski definition) is 3. The van der Waals surface area contributed by atoms with Crippen LogP contribution in [0.25, 0.3) is 0 Å². The van der Waals surface area contributed by atoms with Crippen molar-refractivity contribution in [2.24, 2.45) is 5.92 Å². The van der Waals surface area contributed by atoms with Crippen molar-refractivity contribution in [1.29, 1.82) is 0 Å². The molecule has 1 unspecified atom stereocenters. The molecule has 0 aliphatic heterocycles. The van der Waals surface area contributed by atoms with Gasteiger partial charge in [0, 0.05) is 13.1 Å². The first-order valence-corrected chi connectivity index (χ1v) is 6.33. The molecule has 0 saturated carbocycles. The van der Waals surface area contributed by atoms with Gasteiger partial charge in [0.1, 0.15) is 5.82 Å². The predicted octanol–water partition coefficient (Wildman–Crippen LogP) is 1.63. The molecule has 0 spiro atoms. The van der Waals surface area contributed by atoms with Crippen molar-refractivity contribution >= 4 is 23.5 Å². The fourth-order valence-corrected chi connectivity index (χ4v) is 1.91. The maximum Gasteiger partial charge on any atom is 0.308 e. The number of rotatable bonds is 6. The van der Waals surface area contributed by atoms with E-state index in [-0.39, 0.29) is 30.3 Å². The Morgan fingerprint density at radius 3 is 2.60 bits per heavy atom. The van der Waals surface area contributed by atoms with E-state index in [0.717, 1.165) is 11.0 Å². The second-order valence-corrected chi connectivity index (χ2v) is 4.72. The Morgan fingerprint density at radius 1 is 1.45 bits per heavy atom. The number of aliphatic hydroxyl groups is 1. The lowest BCUT2D eigenvalue weighted by Crippen LogP contribution is -2.39. The minimum Gasteiger partial charge on any atom is -0.481 e. The molecule has 2 N–H and O–H groups in total. The molecule has 0 heterocycles. The molecule has 5 nitrogen and oxygen atoms in total. The van der Waals surface area contributed by atoms with Crippen LogP contribution in [0.2, 0.25) is 5.02 Å². The number of carbonyl (C=O) groups excluding carboxylic acids is 1. The highest BCUT2D eigenvalue weighted by atomic mass is 35.5. The van der Waals surface area contributed by atoms with Gasteiger partial charge in [0.25, 0.3) is 5.91 Å². The van der Waals surface area contributed by atoms with Crippen LogP contribution in [-0.2, 0) is 4.79 Å². The number of nitrogens with zero attached hydrogens (tertiary/aromatic N) is 1. The maximum absolute atomic E-state index is 13.7. The van der Waals surface area contributed by atoms with Gasteiger partial charge in [-0.15, -0.1) is 0 Å². The quantitative estimate of drug-likeness (QED) is 0.837. The van der Waals surface area contributed by atoms with Crippen molar-refractivity contribution in [3.05, 3.63) is 34.6 Å². The van der Waals surface area contributed by atoms with Crippen LogP contribution in [0.15, 0.2) is 18.2 Å². The summed E-state index contributed by atoms with van der Waals surface area (Å²) in [6, 6.07) is 3.83. The average molecular weight is 304 g/mol. The SMILES string of the molecule is CC(CN(CCO)C(=O)c1c(F)cccc1Cl)C(=O)O. The van der Waals surface area contributed by atoms with E-state index in [1.54, 1.807) is 0 Å². The van der Waals surface area contributed by atoms with E-state index in [0.29, 0.717) is 0 Å². The summed E-state index contributed by atoms with van der Waals surface area (Å²) < 4.78 is 13.7. The molecule has 0 saturated heterocycles. The lowest BCUT2D eigenvalue weighted by molar-refractivity contribution is -0.141. The average Bonchev–Trinajstić information content (AvgIpc) is 2.37. The molecule has 0 radical (unpaired) electrons.